The molecule has 1 amide bonds. The molecule has 0 unspecified atom stereocenters. The van der Waals surface area contributed by atoms with Crippen molar-refractivity contribution in [3.05, 3.63) is 0 Å². The van der Waals surface area contributed by atoms with E-state index in [0.29, 0.717) is 13.2 Å². The molecular formula is C14H26N2O5. The molecule has 0 aromatic rings. The van der Waals surface area contributed by atoms with Gasteiger partial charge in [-0.15, -0.1) is 0 Å². The molecule has 0 aliphatic carbocycles. The van der Waals surface area contributed by atoms with Crippen LogP contribution in [0.2, 0.25) is 0 Å². The predicted octanol–water partition coefficient (Wildman–Crippen LogP) is -0.00480. The summed E-state index contributed by atoms with van der Waals surface area (Å²) in [5, 5.41) is 6.06. The average molecular weight is 302 g/mol. The average Bonchev–Trinajstić information content (AvgIpc) is 3.02. The van der Waals surface area contributed by atoms with Crippen molar-refractivity contribution in [2.45, 2.75) is 50.4 Å². The van der Waals surface area contributed by atoms with Crippen LogP contribution in [0.5, 0.6) is 0 Å². The lowest BCUT2D eigenvalue weighted by Crippen LogP contribution is -2.63. The molecule has 2 fully saturated rings. The third-order valence-electron chi connectivity index (χ3n) is 4.42. The first kappa shape index (κ1) is 16.6. The fourth-order valence-corrected chi connectivity index (χ4v) is 2.67. The first-order valence-electron chi connectivity index (χ1n) is 7.37. The van der Waals surface area contributed by atoms with Gasteiger partial charge < -0.3 is 29.6 Å². The smallest absolute Gasteiger partial charge is 0.237 e. The minimum absolute atomic E-state index is 0.00953. The summed E-state index contributed by atoms with van der Waals surface area (Å²) >= 11 is 0. The third-order valence-corrected chi connectivity index (χ3v) is 4.42. The molecule has 21 heavy (non-hydrogen) atoms. The van der Waals surface area contributed by atoms with Crippen LogP contribution in [0.15, 0.2) is 0 Å². The number of hydrogen-bond acceptors (Lipinski definition) is 6. The molecule has 2 N–H and O–H groups in total. The Morgan fingerprint density at radius 2 is 2.05 bits per heavy atom. The Kier molecular flexibility index (Phi) is 5.21. The van der Waals surface area contributed by atoms with Crippen LogP contribution in [0, 0.1) is 0 Å². The van der Waals surface area contributed by atoms with E-state index in [1.54, 1.807) is 28.1 Å². The van der Waals surface area contributed by atoms with Gasteiger partial charge in [0.1, 0.15) is 6.10 Å². The van der Waals surface area contributed by atoms with Gasteiger partial charge in [0, 0.05) is 20.8 Å². The highest BCUT2D eigenvalue weighted by molar-refractivity contribution is 5.82. The first-order chi connectivity index (χ1) is 9.94. The van der Waals surface area contributed by atoms with Gasteiger partial charge in [0.2, 0.25) is 17.5 Å². The van der Waals surface area contributed by atoms with E-state index in [1.165, 1.54) is 0 Å². The molecule has 2 aliphatic heterocycles. The summed E-state index contributed by atoms with van der Waals surface area (Å²) in [5.41, 5.74) is 0. The summed E-state index contributed by atoms with van der Waals surface area (Å²) in [5.74, 6) is -1.99. The number of rotatable bonds is 5. The van der Waals surface area contributed by atoms with E-state index in [2.05, 4.69) is 10.6 Å². The van der Waals surface area contributed by atoms with Gasteiger partial charge in [-0.3, -0.25) is 4.79 Å². The highest BCUT2D eigenvalue weighted by Gasteiger charge is 2.53. The van der Waals surface area contributed by atoms with Gasteiger partial charge in [-0.1, -0.05) is 0 Å². The van der Waals surface area contributed by atoms with Gasteiger partial charge in [-0.2, -0.15) is 0 Å². The zero-order chi connectivity index (χ0) is 15.5. The largest absolute Gasteiger partial charge is 0.352 e. The SMILES string of the molecule is CO[C@]1(C)OC[C@H](CNC(=O)[C@@H]2CCCN2)O[C@@]1(C)OC. The molecule has 4 atom stereocenters. The lowest BCUT2D eigenvalue weighted by Gasteiger charge is -2.48. The van der Waals surface area contributed by atoms with Crippen LogP contribution < -0.4 is 10.6 Å². The molecule has 2 saturated heterocycles. The topological polar surface area (TPSA) is 78.1 Å². The van der Waals surface area contributed by atoms with Crippen molar-refractivity contribution in [3.63, 3.8) is 0 Å². The Morgan fingerprint density at radius 1 is 1.33 bits per heavy atom. The fourth-order valence-electron chi connectivity index (χ4n) is 2.67. The lowest BCUT2D eigenvalue weighted by atomic mass is 10.1. The van der Waals surface area contributed by atoms with Gasteiger partial charge in [0.05, 0.1) is 12.6 Å². The summed E-state index contributed by atoms with van der Waals surface area (Å²) in [6, 6.07) is -0.0902. The molecular weight excluding hydrogens is 276 g/mol. The molecule has 0 aromatic carbocycles. The van der Waals surface area contributed by atoms with E-state index in [1.807, 2.05) is 0 Å². The van der Waals surface area contributed by atoms with Crippen LogP contribution in [0.1, 0.15) is 26.7 Å². The predicted molar refractivity (Wildman–Crippen MR) is 75.7 cm³/mol. The second-order valence-electron chi connectivity index (χ2n) is 5.74. The van der Waals surface area contributed by atoms with Crippen molar-refractivity contribution in [2.75, 3.05) is 33.9 Å². The van der Waals surface area contributed by atoms with Crippen molar-refractivity contribution in [1.82, 2.24) is 10.6 Å². The lowest BCUT2D eigenvalue weighted by molar-refractivity contribution is -0.430. The van der Waals surface area contributed by atoms with Crippen LogP contribution in [0.4, 0.5) is 0 Å². The van der Waals surface area contributed by atoms with Crippen LogP contribution in [-0.2, 0) is 23.7 Å². The van der Waals surface area contributed by atoms with Crippen LogP contribution >= 0.6 is 0 Å². The Balaban J connectivity index is 1.87. The van der Waals surface area contributed by atoms with Gasteiger partial charge in [0.15, 0.2) is 0 Å². The highest BCUT2D eigenvalue weighted by atomic mass is 16.8. The summed E-state index contributed by atoms with van der Waals surface area (Å²) in [6.45, 7) is 5.16. The molecule has 0 aromatic heterocycles. The standard InChI is InChI=1S/C14H26N2O5/c1-13(18-3)14(2,19-4)21-10(9-20-13)8-16-12(17)11-6-5-7-15-11/h10-11,15H,5-9H2,1-4H3,(H,16,17)/t10-,11-,13+,14+/m0/s1. The molecule has 0 spiro atoms. The number of carbonyl (C=O) groups is 1. The van der Waals surface area contributed by atoms with Crippen LogP contribution in [0.25, 0.3) is 0 Å². The summed E-state index contributed by atoms with van der Waals surface area (Å²) in [7, 11) is 3.10. The van der Waals surface area contributed by atoms with E-state index < -0.39 is 11.6 Å². The van der Waals surface area contributed by atoms with E-state index in [9.17, 15) is 4.79 Å². The van der Waals surface area contributed by atoms with Gasteiger partial charge >= 0.3 is 0 Å². The van der Waals surface area contributed by atoms with E-state index in [0.717, 1.165) is 19.4 Å². The maximum absolute atomic E-state index is 12.0. The maximum atomic E-state index is 12.0. The highest BCUT2D eigenvalue weighted by Crippen LogP contribution is 2.36. The molecule has 0 radical (unpaired) electrons. The molecule has 0 bridgehead atoms. The van der Waals surface area contributed by atoms with Crippen LogP contribution in [0.3, 0.4) is 0 Å². The molecule has 2 rings (SSSR count). The third kappa shape index (κ3) is 3.37. The number of carbonyl (C=O) groups excluding carboxylic acids is 1. The Labute approximate surface area is 125 Å². The normalized spacial score (nSPS) is 40.2. The van der Waals surface area contributed by atoms with Gasteiger partial charge in [0.25, 0.3) is 0 Å². The molecule has 7 nitrogen and oxygen atoms in total. The van der Waals surface area contributed by atoms with E-state index in [-0.39, 0.29) is 18.1 Å². The molecule has 2 aliphatic rings. The van der Waals surface area contributed by atoms with Crippen molar-refractivity contribution < 1.29 is 23.7 Å². The van der Waals surface area contributed by atoms with Crippen molar-refractivity contribution in [1.29, 1.82) is 0 Å². The van der Waals surface area contributed by atoms with Crippen molar-refractivity contribution in [3.8, 4) is 0 Å². The quantitative estimate of drug-likeness (QED) is 0.744. The van der Waals surface area contributed by atoms with Crippen molar-refractivity contribution in [2.24, 2.45) is 0 Å². The number of methoxy groups -OCH3 is 2. The second-order valence-corrected chi connectivity index (χ2v) is 5.74. The Morgan fingerprint density at radius 3 is 2.62 bits per heavy atom. The number of nitrogens with one attached hydrogen (secondary N) is 2. The number of amides is 1. The summed E-state index contributed by atoms with van der Waals surface area (Å²) in [6.07, 6.45) is 1.64. The molecule has 122 valence electrons. The zero-order valence-corrected chi connectivity index (χ0v) is 13.2. The van der Waals surface area contributed by atoms with E-state index >= 15 is 0 Å². The summed E-state index contributed by atoms with van der Waals surface area (Å²) < 4.78 is 22.5. The molecule has 2 heterocycles. The zero-order valence-electron chi connectivity index (χ0n) is 13.2. The number of ether oxygens (including phenoxy) is 4. The monoisotopic (exact) mass is 302 g/mol. The number of hydrogen-bond donors (Lipinski definition) is 2. The second kappa shape index (κ2) is 6.58. The molecule has 0 saturated carbocycles. The van der Waals surface area contributed by atoms with Crippen LogP contribution in [-0.4, -0.2) is 63.5 Å². The minimum atomic E-state index is -1.03. The van der Waals surface area contributed by atoms with Gasteiger partial charge in [-0.25, -0.2) is 0 Å². The Hall–Kier alpha value is -0.730. The van der Waals surface area contributed by atoms with Gasteiger partial charge in [-0.05, 0) is 33.2 Å². The fraction of sp³-hybridized carbons (Fsp3) is 0.929. The van der Waals surface area contributed by atoms with Crippen molar-refractivity contribution >= 4 is 5.91 Å². The maximum Gasteiger partial charge on any atom is 0.237 e. The van der Waals surface area contributed by atoms with E-state index in [4.69, 9.17) is 18.9 Å². The summed E-state index contributed by atoms with van der Waals surface area (Å²) in [4.78, 5) is 12.0. The Bertz CT molecular complexity index is 374. The minimum Gasteiger partial charge on any atom is -0.352 e. The molecule has 7 heteroatoms. The first-order valence-corrected chi connectivity index (χ1v) is 7.37.